The maximum absolute atomic E-state index is 13.2. The lowest BCUT2D eigenvalue weighted by molar-refractivity contribution is 0.0778. The summed E-state index contributed by atoms with van der Waals surface area (Å²) in [6.45, 7) is 5.17. The molecule has 0 aliphatic carbocycles. The Bertz CT molecular complexity index is 1140. The summed E-state index contributed by atoms with van der Waals surface area (Å²) < 4.78 is 12.5. The maximum atomic E-state index is 13.2. The highest BCUT2D eigenvalue weighted by molar-refractivity contribution is 6.04. The monoisotopic (exact) mass is 393 g/mol. The van der Waals surface area contributed by atoms with E-state index in [9.17, 15) is 9.59 Å². The van der Waals surface area contributed by atoms with Crippen LogP contribution in [0.25, 0.3) is 10.8 Å². The molecule has 0 N–H and O–H groups in total. The second-order valence-electron chi connectivity index (χ2n) is 7.38. The molecule has 0 saturated heterocycles. The van der Waals surface area contributed by atoms with Gasteiger partial charge in [-0.1, -0.05) is 24.3 Å². The van der Waals surface area contributed by atoms with Gasteiger partial charge in [-0.3, -0.25) is 9.59 Å². The molecule has 0 saturated carbocycles. The average molecular weight is 393 g/mol. The third-order valence-corrected chi connectivity index (χ3v) is 4.89. The zero-order valence-electron chi connectivity index (χ0n) is 16.7. The van der Waals surface area contributed by atoms with E-state index in [0.717, 1.165) is 5.56 Å². The molecule has 2 aromatic carbocycles. The first-order valence-electron chi connectivity index (χ1n) is 9.61. The first kappa shape index (κ1) is 19.0. The first-order valence-corrected chi connectivity index (χ1v) is 9.61. The van der Waals surface area contributed by atoms with Crippen LogP contribution in [0.3, 0.4) is 0 Å². The Balaban J connectivity index is 1.68. The first-order chi connectivity index (χ1) is 14.0. The third-order valence-electron chi connectivity index (χ3n) is 4.89. The van der Waals surface area contributed by atoms with Gasteiger partial charge < -0.3 is 14.4 Å². The van der Waals surface area contributed by atoms with Crippen molar-refractivity contribution in [2.24, 2.45) is 0 Å². The maximum Gasteiger partial charge on any atom is 0.274 e. The molecule has 1 aliphatic rings. The van der Waals surface area contributed by atoms with E-state index in [1.54, 1.807) is 36.2 Å². The molecule has 0 unspecified atom stereocenters. The molecule has 0 spiro atoms. The van der Waals surface area contributed by atoms with Crippen molar-refractivity contribution in [3.8, 4) is 11.5 Å². The Hall–Kier alpha value is -3.35. The minimum Gasteiger partial charge on any atom is -0.486 e. The Morgan fingerprint density at radius 2 is 1.79 bits per heavy atom. The Morgan fingerprint density at radius 1 is 1.10 bits per heavy atom. The van der Waals surface area contributed by atoms with Crippen LogP contribution in [-0.2, 0) is 6.54 Å². The summed E-state index contributed by atoms with van der Waals surface area (Å²) in [5.74, 6) is 1.16. The van der Waals surface area contributed by atoms with Crippen LogP contribution in [0.15, 0.2) is 47.3 Å². The predicted octanol–water partition coefficient (Wildman–Crippen LogP) is 3.02. The second-order valence-corrected chi connectivity index (χ2v) is 7.38. The van der Waals surface area contributed by atoms with Crippen molar-refractivity contribution >= 4 is 16.7 Å². The molecular weight excluding hydrogens is 370 g/mol. The SMILES string of the molecule is CC(C)n1nc(C(=O)N(C)Cc2ccc3c(c2)OCCO3)c2ccccc2c1=O. The topological polar surface area (TPSA) is 73.7 Å². The molecule has 0 atom stereocenters. The van der Waals surface area contributed by atoms with E-state index in [-0.39, 0.29) is 23.2 Å². The highest BCUT2D eigenvalue weighted by Gasteiger charge is 2.21. The number of fused-ring (bicyclic) bond motifs is 2. The van der Waals surface area contributed by atoms with Gasteiger partial charge in [-0.15, -0.1) is 0 Å². The van der Waals surface area contributed by atoms with E-state index in [0.29, 0.717) is 42.0 Å². The molecule has 1 aliphatic heterocycles. The highest BCUT2D eigenvalue weighted by Crippen LogP contribution is 2.31. The molecular formula is C22H23N3O4. The van der Waals surface area contributed by atoms with E-state index in [2.05, 4.69) is 5.10 Å². The molecule has 1 aromatic heterocycles. The number of hydrogen-bond acceptors (Lipinski definition) is 5. The van der Waals surface area contributed by atoms with E-state index in [4.69, 9.17) is 9.47 Å². The number of carbonyl (C=O) groups excluding carboxylic acids is 1. The fraction of sp³-hybridized carbons (Fsp3) is 0.318. The molecule has 0 bridgehead atoms. The lowest BCUT2D eigenvalue weighted by atomic mass is 10.1. The highest BCUT2D eigenvalue weighted by atomic mass is 16.6. The summed E-state index contributed by atoms with van der Waals surface area (Å²) in [5.41, 5.74) is 1.00. The average Bonchev–Trinajstić information content (AvgIpc) is 2.73. The molecule has 1 amide bonds. The molecule has 2 heterocycles. The van der Waals surface area contributed by atoms with Crippen molar-refractivity contribution in [1.29, 1.82) is 0 Å². The smallest absolute Gasteiger partial charge is 0.274 e. The number of hydrogen-bond donors (Lipinski definition) is 0. The number of benzene rings is 2. The van der Waals surface area contributed by atoms with Gasteiger partial charge in [-0.05, 0) is 37.6 Å². The van der Waals surface area contributed by atoms with E-state index in [1.807, 2.05) is 32.0 Å². The summed E-state index contributed by atoms with van der Waals surface area (Å²) in [5, 5.41) is 5.46. The van der Waals surface area contributed by atoms with E-state index < -0.39 is 0 Å². The zero-order valence-corrected chi connectivity index (χ0v) is 16.7. The van der Waals surface area contributed by atoms with Gasteiger partial charge in [-0.25, -0.2) is 4.68 Å². The Morgan fingerprint density at radius 3 is 2.52 bits per heavy atom. The normalized spacial score (nSPS) is 13.0. The summed E-state index contributed by atoms with van der Waals surface area (Å²) in [4.78, 5) is 27.5. The van der Waals surface area contributed by atoms with Gasteiger partial charge in [0.15, 0.2) is 17.2 Å². The van der Waals surface area contributed by atoms with Crippen LogP contribution in [0.1, 0.15) is 35.9 Å². The quantitative estimate of drug-likeness (QED) is 0.681. The number of ether oxygens (including phenoxy) is 2. The minimum absolute atomic E-state index is 0.151. The molecule has 150 valence electrons. The molecule has 29 heavy (non-hydrogen) atoms. The molecule has 7 nitrogen and oxygen atoms in total. The van der Waals surface area contributed by atoms with Crippen molar-refractivity contribution in [3.63, 3.8) is 0 Å². The van der Waals surface area contributed by atoms with Crippen molar-refractivity contribution in [2.45, 2.75) is 26.4 Å². The van der Waals surface area contributed by atoms with Crippen molar-refractivity contribution in [1.82, 2.24) is 14.7 Å². The summed E-state index contributed by atoms with van der Waals surface area (Å²) in [6, 6.07) is 12.6. The minimum atomic E-state index is -0.245. The van der Waals surface area contributed by atoms with E-state index >= 15 is 0 Å². The van der Waals surface area contributed by atoms with Gasteiger partial charge in [0, 0.05) is 19.0 Å². The van der Waals surface area contributed by atoms with Crippen LogP contribution >= 0.6 is 0 Å². The molecule has 4 rings (SSSR count). The van der Waals surface area contributed by atoms with E-state index in [1.165, 1.54) is 4.68 Å². The molecule has 3 aromatic rings. The molecule has 0 radical (unpaired) electrons. The fourth-order valence-corrected chi connectivity index (χ4v) is 3.43. The van der Waals surface area contributed by atoms with Gasteiger partial charge in [0.25, 0.3) is 11.5 Å². The van der Waals surface area contributed by atoms with Crippen LogP contribution in [0.4, 0.5) is 0 Å². The van der Waals surface area contributed by atoms with Crippen LogP contribution in [0.5, 0.6) is 11.5 Å². The molecule has 0 fully saturated rings. The van der Waals surface area contributed by atoms with Crippen molar-refractivity contribution < 1.29 is 14.3 Å². The Kier molecular flexibility index (Phi) is 4.96. The van der Waals surface area contributed by atoms with Crippen LogP contribution in [0, 0.1) is 0 Å². The third kappa shape index (κ3) is 3.55. The molecule has 7 heteroatoms. The zero-order chi connectivity index (χ0) is 20.5. The predicted molar refractivity (Wildman–Crippen MR) is 110 cm³/mol. The standard InChI is InChI=1S/C22H23N3O4/c1-14(2)25-21(26)17-7-5-4-6-16(17)20(23-25)22(27)24(3)13-15-8-9-18-19(12-15)29-11-10-28-18/h4-9,12,14H,10-11,13H2,1-3H3. The summed E-state index contributed by atoms with van der Waals surface area (Å²) >= 11 is 0. The lowest BCUT2D eigenvalue weighted by Crippen LogP contribution is -2.32. The number of aromatic nitrogens is 2. The van der Waals surface area contributed by atoms with Gasteiger partial charge >= 0.3 is 0 Å². The number of nitrogens with zero attached hydrogens (tertiary/aromatic N) is 3. The lowest BCUT2D eigenvalue weighted by Gasteiger charge is -2.22. The van der Waals surface area contributed by atoms with Crippen LogP contribution in [0.2, 0.25) is 0 Å². The largest absolute Gasteiger partial charge is 0.486 e. The van der Waals surface area contributed by atoms with Gasteiger partial charge in [0.05, 0.1) is 11.4 Å². The van der Waals surface area contributed by atoms with Gasteiger partial charge in [0.2, 0.25) is 0 Å². The number of rotatable bonds is 4. The van der Waals surface area contributed by atoms with Crippen molar-refractivity contribution in [3.05, 3.63) is 64.1 Å². The number of carbonyl (C=O) groups is 1. The van der Waals surface area contributed by atoms with Crippen LogP contribution < -0.4 is 15.0 Å². The van der Waals surface area contributed by atoms with Gasteiger partial charge in [-0.2, -0.15) is 5.10 Å². The number of amides is 1. The fourth-order valence-electron chi connectivity index (χ4n) is 3.43. The summed E-state index contributed by atoms with van der Waals surface area (Å²) in [6.07, 6.45) is 0. The van der Waals surface area contributed by atoms with Crippen molar-refractivity contribution in [2.75, 3.05) is 20.3 Å². The van der Waals surface area contributed by atoms with Gasteiger partial charge in [0.1, 0.15) is 13.2 Å². The summed E-state index contributed by atoms with van der Waals surface area (Å²) in [7, 11) is 1.72. The van der Waals surface area contributed by atoms with Crippen LogP contribution in [-0.4, -0.2) is 40.8 Å². The Labute approximate surface area is 168 Å². The second kappa shape index (κ2) is 7.58.